The smallest absolute Gasteiger partial charge is 0.321 e. The lowest BCUT2D eigenvalue weighted by Gasteiger charge is -2.13. The van der Waals surface area contributed by atoms with Gasteiger partial charge in [0, 0.05) is 41.8 Å². The standard InChI is InChI=1S/C23H19ClN6O3S/c1-12-7-14(15-9-20(24)27-11-18(15)33-2)16(10-26-12)21(31)29-22-28-17-4-3-13(8-19(17)34-22)30-6-5-25-23(30)32/h3-4,7-11H,5-6H2,1-2H3,(H,25,32)(H,28,29,31). The van der Waals surface area contributed by atoms with Crippen molar-refractivity contribution in [1.82, 2.24) is 20.3 Å². The summed E-state index contributed by atoms with van der Waals surface area (Å²) < 4.78 is 6.29. The second kappa shape index (κ2) is 8.88. The van der Waals surface area contributed by atoms with Crippen LogP contribution in [0.3, 0.4) is 0 Å². The van der Waals surface area contributed by atoms with E-state index in [1.165, 1.54) is 30.8 Å². The molecule has 0 unspecified atom stereocenters. The lowest BCUT2D eigenvalue weighted by Crippen LogP contribution is -2.27. The molecule has 3 amide bonds. The minimum Gasteiger partial charge on any atom is -0.494 e. The van der Waals surface area contributed by atoms with Gasteiger partial charge in [0.05, 0.1) is 29.1 Å². The molecule has 1 aromatic carbocycles. The molecule has 172 valence electrons. The van der Waals surface area contributed by atoms with E-state index in [9.17, 15) is 9.59 Å². The summed E-state index contributed by atoms with van der Waals surface area (Å²) in [4.78, 5) is 39.8. The first kappa shape index (κ1) is 22.1. The minimum absolute atomic E-state index is 0.122. The van der Waals surface area contributed by atoms with Crippen LogP contribution in [0.25, 0.3) is 21.3 Å². The van der Waals surface area contributed by atoms with E-state index in [-0.39, 0.29) is 17.1 Å². The zero-order valence-corrected chi connectivity index (χ0v) is 19.8. The lowest BCUT2D eigenvalue weighted by atomic mass is 10.0. The maximum atomic E-state index is 13.3. The number of pyridine rings is 2. The number of fused-ring (bicyclic) bond motifs is 1. The molecule has 5 rings (SSSR count). The summed E-state index contributed by atoms with van der Waals surface area (Å²) >= 11 is 7.45. The number of aryl methyl sites for hydroxylation is 1. The highest BCUT2D eigenvalue weighted by Gasteiger charge is 2.22. The van der Waals surface area contributed by atoms with Gasteiger partial charge in [-0.05, 0) is 37.3 Å². The Labute approximate surface area is 203 Å². The molecule has 34 heavy (non-hydrogen) atoms. The van der Waals surface area contributed by atoms with Gasteiger partial charge < -0.3 is 10.1 Å². The van der Waals surface area contributed by atoms with E-state index in [1.54, 1.807) is 17.0 Å². The Morgan fingerprint density at radius 1 is 1.21 bits per heavy atom. The molecule has 2 N–H and O–H groups in total. The van der Waals surface area contributed by atoms with Crippen LogP contribution in [0.4, 0.5) is 15.6 Å². The van der Waals surface area contributed by atoms with E-state index in [0.717, 1.165) is 21.6 Å². The number of amides is 3. The zero-order valence-electron chi connectivity index (χ0n) is 18.3. The van der Waals surface area contributed by atoms with Crippen LogP contribution in [0.15, 0.2) is 42.7 Å². The number of nitrogens with zero attached hydrogens (tertiary/aromatic N) is 4. The van der Waals surface area contributed by atoms with Crippen LogP contribution < -0.4 is 20.3 Å². The number of hydrogen-bond acceptors (Lipinski definition) is 7. The number of anilines is 2. The molecule has 1 aliphatic heterocycles. The molecule has 1 saturated heterocycles. The van der Waals surface area contributed by atoms with E-state index in [2.05, 4.69) is 25.6 Å². The SMILES string of the molecule is COc1cnc(Cl)cc1-c1cc(C)ncc1C(=O)Nc1nc2ccc(N3CCNC3=O)cc2s1. The summed E-state index contributed by atoms with van der Waals surface area (Å²) in [5.74, 6) is 0.123. The predicted molar refractivity (Wildman–Crippen MR) is 132 cm³/mol. The maximum Gasteiger partial charge on any atom is 0.321 e. The Morgan fingerprint density at radius 2 is 2.06 bits per heavy atom. The summed E-state index contributed by atoms with van der Waals surface area (Å²) in [6.07, 6.45) is 3.03. The van der Waals surface area contributed by atoms with E-state index in [1.807, 2.05) is 25.1 Å². The Bertz CT molecular complexity index is 1440. The molecular formula is C23H19ClN6O3S. The Kier molecular flexibility index (Phi) is 5.76. The van der Waals surface area contributed by atoms with Crippen molar-refractivity contribution in [2.45, 2.75) is 6.92 Å². The van der Waals surface area contributed by atoms with Gasteiger partial charge in [-0.25, -0.2) is 14.8 Å². The van der Waals surface area contributed by atoms with Crippen molar-refractivity contribution in [3.63, 3.8) is 0 Å². The molecule has 0 saturated carbocycles. The van der Waals surface area contributed by atoms with Gasteiger partial charge in [-0.1, -0.05) is 22.9 Å². The van der Waals surface area contributed by atoms with Crippen molar-refractivity contribution >= 4 is 55.9 Å². The summed E-state index contributed by atoms with van der Waals surface area (Å²) in [7, 11) is 1.53. The average molecular weight is 495 g/mol. The summed E-state index contributed by atoms with van der Waals surface area (Å²) in [5.41, 5.74) is 3.86. The quantitative estimate of drug-likeness (QED) is 0.395. The molecule has 4 aromatic rings. The van der Waals surface area contributed by atoms with Crippen molar-refractivity contribution in [2.75, 3.05) is 30.4 Å². The molecule has 0 radical (unpaired) electrons. The van der Waals surface area contributed by atoms with Crippen molar-refractivity contribution in [2.24, 2.45) is 0 Å². The molecule has 11 heteroatoms. The van der Waals surface area contributed by atoms with Gasteiger partial charge in [0.2, 0.25) is 0 Å². The third-order valence-electron chi connectivity index (χ3n) is 5.39. The van der Waals surface area contributed by atoms with E-state index < -0.39 is 0 Å². The first-order chi connectivity index (χ1) is 16.4. The number of aromatic nitrogens is 3. The lowest BCUT2D eigenvalue weighted by molar-refractivity contribution is 0.102. The molecule has 0 bridgehead atoms. The second-order valence-corrected chi connectivity index (χ2v) is 9.01. The Morgan fingerprint density at radius 3 is 2.82 bits per heavy atom. The van der Waals surface area contributed by atoms with Crippen LogP contribution in [0.1, 0.15) is 16.1 Å². The third-order valence-corrected chi connectivity index (χ3v) is 6.53. The van der Waals surface area contributed by atoms with Crippen LogP contribution >= 0.6 is 22.9 Å². The minimum atomic E-state index is -0.365. The normalized spacial score (nSPS) is 13.3. The van der Waals surface area contributed by atoms with Gasteiger partial charge in [0.1, 0.15) is 10.9 Å². The van der Waals surface area contributed by atoms with Gasteiger partial charge >= 0.3 is 6.03 Å². The highest BCUT2D eigenvalue weighted by atomic mass is 35.5. The van der Waals surface area contributed by atoms with E-state index >= 15 is 0 Å². The second-order valence-electron chi connectivity index (χ2n) is 7.59. The maximum absolute atomic E-state index is 13.3. The van der Waals surface area contributed by atoms with Gasteiger partial charge in [0.15, 0.2) is 5.13 Å². The van der Waals surface area contributed by atoms with Gasteiger partial charge in [-0.2, -0.15) is 0 Å². The summed E-state index contributed by atoms with van der Waals surface area (Å²) in [6, 6.07) is 8.92. The van der Waals surface area contributed by atoms with E-state index in [0.29, 0.717) is 40.7 Å². The number of rotatable bonds is 5. The molecule has 1 fully saturated rings. The number of carbonyl (C=O) groups excluding carboxylic acids is 2. The average Bonchev–Trinajstić information content (AvgIpc) is 3.43. The molecular weight excluding hydrogens is 476 g/mol. The molecule has 3 aromatic heterocycles. The van der Waals surface area contributed by atoms with Crippen LogP contribution in [-0.2, 0) is 0 Å². The van der Waals surface area contributed by atoms with Crippen molar-refractivity contribution in [3.05, 3.63) is 59.1 Å². The topological polar surface area (TPSA) is 109 Å². The van der Waals surface area contributed by atoms with E-state index in [4.69, 9.17) is 16.3 Å². The van der Waals surface area contributed by atoms with Gasteiger partial charge in [0.25, 0.3) is 5.91 Å². The molecule has 0 spiro atoms. The predicted octanol–water partition coefficient (Wildman–Crippen LogP) is 4.51. The van der Waals surface area contributed by atoms with Crippen molar-refractivity contribution in [3.8, 4) is 16.9 Å². The highest BCUT2D eigenvalue weighted by Crippen LogP contribution is 2.35. The third kappa shape index (κ3) is 4.13. The fourth-order valence-corrected chi connectivity index (χ4v) is 4.82. The summed E-state index contributed by atoms with van der Waals surface area (Å²) in [6.45, 7) is 3.06. The zero-order chi connectivity index (χ0) is 23.8. The van der Waals surface area contributed by atoms with Crippen LogP contribution in [0.5, 0.6) is 5.75 Å². The number of carbonyl (C=O) groups is 2. The fourth-order valence-electron chi connectivity index (χ4n) is 3.77. The number of ether oxygens (including phenoxy) is 1. The fraction of sp³-hybridized carbons (Fsp3) is 0.174. The van der Waals surface area contributed by atoms with Crippen LogP contribution in [0.2, 0.25) is 5.15 Å². The Balaban J connectivity index is 1.47. The van der Waals surface area contributed by atoms with Gasteiger partial charge in [-0.15, -0.1) is 0 Å². The van der Waals surface area contributed by atoms with Gasteiger partial charge in [-0.3, -0.25) is 20.0 Å². The van der Waals surface area contributed by atoms with Crippen LogP contribution in [-0.4, -0.2) is 47.1 Å². The number of urea groups is 1. The molecule has 1 aliphatic rings. The number of benzene rings is 1. The number of hydrogen-bond donors (Lipinski definition) is 2. The molecule has 4 heterocycles. The number of halogens is 1. The monoisotopic (exact) mass is 494 g/mol. The molecule has 9 nitrogen and oxygen atoms in total. The number of methoxy groups -OCH3 is 1. The first-order valence-corrected chi connectivity index (χ1v) is 11.6. The Hall–Kier alpha value is -3.76. The molecule has 0 aliphatic carbocycles. The number of nitrogens with one attached hydrogen (secondary N) is 2. The van der Waals surface area contributed by atoms with Crippen molar-refractivity contribution in [1.29, 1.82) is 0 Å². The molecule has 0 atom stereocenters. The van der Waals surface area contributed by atoms with Crippen molar-refractivity contribution < 1.29 is 14.3 Å². The van der Waals surface area contributed by atoms with Crippen LogP contribution in [0, 0.1) is 6.92 Å². The summed E-state index contributed by atoms with van der Waals surface area (Å²) in [5, 5.41) is 6.39. The largest absolute Gasteiger partial charge is 0.494 e. The number of thiazole rings is 1. The highest BCUT2D eigenvalue weighted by molar-refractivity contribution is 7.22. The first-order valence-electron chi connectivity index (χ1n) is 10.4.